The summed E-state index contributed by atoms with van der Waals surface area (Å²) in [5.41, 5.74) is 7.04. The second-order valence-corrected chi connectivity index (χ2v) is 3.94. The van der Waals surface area contributed by atoms with Gasteiger partial charge in [0.15, 0.2) is 0 Å². The maximum atomic E-state index is 13.2. The van der Waals surface area contributed by atoms with Crippen molar-refractivity contribution in [2.24, 2.45) is 0 Å². The van der Waals surface area contributed by atoms with E-state index in [1.54, 1.807) is 23.1 Å². The fraction of sp³-hybridized carbons (Fsp3) is 0.455. The molecular formula is C11H14F2N2. The van der Waals surface area contributed by atoms with Crippen molar-refractivity contribution in [1.29, 1.82) is 0 Å². The number of hydrogen-bond acceptors (Lipinski definition) is 2. The number of nitrogens with two attached hydrogens (primary N) is 1. The van der Waals surface area contributed by atoms with E-state index in [1.807, 2.05) is 6.07 Å². The SMILES string of the molecule is Nc1ccccc1N1CCCC(F)(F)C1. The lowest BCUT2D eigenvalue weighted by Crippen LogP contribution is -2.42. The number of alkyl halides is 2. The van der Waals surface area contributed by atoms with Crippen molar-refractivity contribution in [2.75, 3.05) is 23.7 Å². The van der Waals surface area contributed by atoms with Gasteiger partial charge in [0.1, 0.15) is 0 Å². The number of anilines is 2. The van der Waals surface area contributed by atoms with E-state index in [2.05, 4.69) is 0 Å². The Balaban J connectivity index is 2.21. The van der Waals surface area contributed by atoms with Gasteiger partial charge in [-0.3, -0.25) is 0 Å². The van der Waals surface area contributed by atoms with Crippen LogP contribution in [0.3, 0.4) is 0 Å². The van der Waals surface area contributed by atoms with Gasteiger partial charge in [-0.2, -0.15) is 0 Å². The lowest BCUT2D eigenvalue weighted by Gasteiger charge is -2.34. The van der Waals surface area contributed by atoms with Crippen molar-refractivity contribution >= 4 is 11.4 Å². The van der Waals surface area contributed by atoms with E-state index in [0.29, 0.717) is 18.7 Å². The third-order valence-electron chi connectivity index (χ3n) is 2.67. The van der Waals surface area contributed by atoms with E-state index >= 15 is 0 Å². The first-order valence-electron chi connectivity index (χ1n) is 5.06. The van der Waals surface area contributed by atoms with Crippen molar-refractivity contribution < 1.29 is 8.78 Å². The Kier molecular flexibility index (Phi) is 2.50. The molecule has 0 aliphatic carbocycles. The van der Waals surface area contributed by atoms with Crippen LogP contribution in [0.5, 0.6) is 0 Å². The normalized spacial score (nSPS) is 20.3. The lowest BCUT2D eigenvalue weighted by molar-refractivity contribution is -0.0116. The van der Waals surface area contributed by atoms with E-state index in [1.165, 1.54) is 0 Å². The molecule has 1 heterocycles. The van der Waals surface area contributed by atoms with Gasteiger partial charge in [-0.15, -0.1) is 0 Å². The molecule has 0 atom stereocenters. The molecule has 0 saturated carbocycles. The van der Waals surface area contributed by atoms with E-state index in [0.717, 1.165) is 5.69 Å². The number of nitrogen functional groups attached to an aromatic ring is 1. The number of rotatable bonds is 1. The quantitative estimate of drug-likeness (QED) is 0.725. The molecule has 1 aromatic carbocycles. The van der Waals surface area contributed by atoms with E-state index in [4.69, 9.17) is 5.73 Å². The molecule has 2 N–H and O–H groups in total. The third kappa shape index (κ3) is 2.19. The number of benzene rings is 1. The summed E-state index contributed by atoms with van der Waals surface area (Å²) in [6.07, 6.45) is 0.498. The van der Waals surface area contributed by atoms with E-state index in [-0.39, 0.29) is 13.0 Å². The summed E-state index contributed by atoms with van der Waals surface area (Å²) in [5.74, 6) is -2.58. The van der Waals surface area contributed by atoms with Gasteiger partial charge in [-0.25, -0.2) is 8.78 Å². The van der Waals surface area contributed by atoms with Gasteiger partial charge in [-0.1, -0.05) is 12.1 Å². The Bertz CT molecular complexity index is 352. The first kappa shape index (κ1) is 10.2. The highest BCUT2D eigenvalue weighted by Gasteiger charge is 2.35. The summed E-state index contributed by atoms with van der Waals surface area (Å²) in [6, 6.07) is 7.15. The molecule has 82 valence electrons. The molecule has 2 rings (SSSR count). The van der Waals surface area contributed by atoms with Crippen molar-refractivity contribution in [3.63, 3.8) is 0 Å². The van der Waals surface area contributed by atoms with E-state index in [9.17, 15) is 8.78 Å². The highest BCUT2D eigenvalue weighted by Crippen LogP contribution is 2.32. The van der Waals surface area contributed by atoms with Gasteiger partial charge in [0, 0.05) is 13.0 Å². The zero-order valence-corrected chi connectivity index (χ0v) is 8.42. The van der Waals surface area contributed by atoms with Crippen LogP contribution in [0.15, 0.2) is 24.3 Å². The molecule has 1 aliphatic rings. The van der Waals surface area contributed by atoms with Crippen LogP contribution in [0.2, 0.25) is 0 Å². The fourth-order valence-corrected chi connectivity index (χ4v) is 1.95. The Morgan fingerprint density at radius 3 is 2.67 bits per heavy atom. The largest absolute Gasteiger partial charge is 0.397 e. The molecule has 1 saturated heterocycles. The van der Waals surface area contributed by atoms with Gasteiger partial charge >= 0.3 is 0 Å². The minimum absolute atomic E-state index is 0.0176. The predicted octanol–water partition coefficient (Wildman–Crippen LogP) is 2.50. The Hall–Kier alpha value is -1.32. The number of piperidine rings is 1. The zero-order chi connectivity index (χ0) is 10.9. The zero-order valence-electron chi connectivity index (χ0n) is 8.42. The highest BCUT2D eigenvalue weighted by molar-refractivity contribution is 5.67. The van der Waals surface area contributed by atoms with Crippen molar-refractivity contribution in [3.05, 3.63) is 24.3 Å². The van der Waals surface area contributed by atoms with Crippen molar-refractivity contribution in [3.8, 4) is 0 Å². The molecular weight excluding hydrogens is 198 g/mol. The number of nitrogens with zero attached hydrogens (tertiary/aromatic N) is 1. The summed E-state index contributed by atoms with van der Waals surface area (Å²) in [7, 11) is 0. The summed E-state index contributed by atoms with van der Waals surface area (Å²) in [6.45, 7) is 0.436. The summed E-state index contributed by atoms with van der Waals surface area (Å²) in [4.78, 5) is 1.67. The van der Waals surface area contributed by atoms with Gasteiger partial charge in [0.2, 0.25) is 0 Å². The molecule has 0 unspecified atom stereocenters. The molecule has 0 spiro atoms. The standard InChI is InChI=1S/C11H14F2N2/c12-11(13)6-3-7-15(8-11)10-5-2-1-4-9(10)14/h1-2,4-5H,3,6-8,14H2. The first-order chi connectivity index (χ1) is 7.08. The van der Waals surface area contributed by atoms with Crippen LogP contribution >= 0.6 is 0 Å². The second-order valence-electron chi connectivity index (χ2n) is 3.94. The molecule has 1 fully saturated rings. The average molecular weight is 212 g/mol. The highest BCUT2D eigenvalue weighted by atomic mass is 19.3. The molecule has 15 heavy (non-hydrogen) atoms. The Morgan fingerprint density at radius 2 is 2.00 bits per heavy atom. The number of hydrogen-bond donors (Lipinski definition) is 1. The topological polar surface area (TPSA) is 29.3 Å². The molecule has 4 heteroatoms. The van der Waals surface area contributed by atoms with Gasteiger partial charge in [0.05, 0.1) is 17.9 Å². The summed E-state index contributed by atoms with van der Waals surface area (Å²) >= 11 is 0. The summed E-state index contributed by atoms with van der Waals surface area (Å²) < 4.78 is 26.4. The van der Waals surface area contributed by atoms with Crippen molar-refractivity contribution in [1.82, 2.24) is 0 Å². The van der Waals surface area contributed by atoms with Crippen LogP contribution in [0.25, 0.3) is 0 Å². The molecule has 0 bridgehead atoms. The van der Waals surface area contributed by atoms with Gasteiger partial charge < -0.3 is 10.6 Å². The number of halogens is 2. The lowest BCUT2D eigenvalue weighted by atomic mass is 10.1. The van der Waals surface area contributed by atoms with Crippen LogP contribution in [0.1, 0.15) is 12.8 Å². The van der Waals surface area contributed by atoms with Crippen LogP contribution in [0, 0.1) is 0 Å². The van der Waals surface area contributed by atoms with Crippen LogP contribution in [-0.2, 0) is 0 Å². The number of para-hydroxylation sites is 2. The Labute approximate surface area is 87.7 Å². The smallest absolute Gasteiger partial charge is 0.265 e. The van der Waals surface area contributed by atoms with Gasteiger partial charge in [-0.05, 0) is 18.6 Å². The molecule has 2 nitrogen and oxygen atoms in total. The minimum Gasteiger partial charge on any atom is -0.397 e. The molecule has 0 aromatic heterocycles. The van der Waals surface area contributed by atoms with Crippen molar-refractivity contribution in [2.45, 2.75) is 18.8 Å². The molecule has 0 radical (unpaired) electrons. The third-order valence-corrected chi connectivity index (χ3v) is 2.67. The average Bonchev–Trinajstić information content (AvgIpc) is 2.17. The van der Waals surface area contributed by atoms with Crippen LogP contribution < -0.4 is 10.6 Å². The molecule has 0 amide bonds. The monoisotopic (exact) mass is 212 g/mol. The van der Waals surface area contributed by atoms with Crippen LogP contribution in [-0.4, -0.2) is 19.0 Å². The minimum atomic E-state index is -2.58. The maximum Gasteiger partial charge on any atom is 0.265 e. The second kappa shape index (κ2) is 3.68. The fourth-order valence-electron chi connectivity index (χ4n) is 1.95. The predicted molar refractivity (Wildman–Crippen MR) is 57.2 cm³/mol. The molecule has 1 aliphatic heterocycles. The van der Waals surface area contributed by atoms with E-state index < -0.39 is 5.92 Å². The van der Waals surface area contributed by atoms with Crippen LogP contribution in [0.4, 0.5) is 20.2 Å². The van der Waals surface area contributed by atoms with Gasteiger partial charge in [0.25, 0.3) is 5.92 Å². The maximum absolute atomic E-state index is 13.2. The first-order valence-corrected chi connectivity index (χ1v) is 5.06. The summed E-state index contributed by atoms with van der Waals surface area (Å²) in [5, 5.41) is 0. The Morgan fingerprint density at radius 1 is 1.27 bits per heavy atom. The molecule has 1 aromatic rings.